The van der Waals surface area contributed by atoms with Crippen molar-refractivity contribution in [3.05, 3.63) is 54.1 Å². The van der Waals surface area contributed by atoms with Gasteiger partial charge in [-0.3, -0.25) is 0 Å². The number of fused-ring (bicyclic) bond motifs is 1. The summed E-state index contributed by atoms with van der Waals surface area (Å²) >= 11 is 0. The first-order chi connectivity index (χ1) is 8.78. The van der Waals surface area contributed by atoms with Gasteiger partial charge >= 0.3 is 0 Å². The van der Waals surface area contributed by atoms with E-state index in [1.807, 2.05) is 19.2 Å². The number of para-hydroxylation sites is 1. The molecular weight excluding hydrogens is 222 g/mol. The first-order valence-corrected chi connectivity index (χ1v) is 6.05. The van der Waals surface area contributed by atoms with Crippen molar-refractivity contribution in [3.8, 4) is 11.3 Å². The highest BCUT2D eigenvalue weighted by molar-refractivity contribution is 5.85. The Labute approximate surface area is 106 Å². The summed E-state index contributed by atoms with van der Waals surface area (Å²) in [5.74, 6) is 0.913. The molecule has 0 spiro atoms. The number of nitrogens with one attached hydrogen (secondary N) is 1. The van der Waals surface area contributed by atoms with Crippen LogP contribution in [0.3, 0.4) is 0 Å². The lowest BCUT2D eigenvalue weighted by Gasteiger charge is -2.01. The fourth-order valence-corrected chi connectivity index (χ4v) is 2.18. The lowest BCUT2D eigenvalue weighted by molar-refractivity contribution is 0.629. The number of rotatable bonds is 2. The normalized spacial score (nSPS) is 10.8. The SMILES string of the molecule is CNc1cccc(-c2cc3cccc(C)c3o2)c1. The minimum atomic E-state index is 0.913. The molecule has 2 nitrogen and oxygen atoms in total. The molecule has 0 aliphatic heterocycles. The second-order valence-electron chi connectivity index (χ2n) is 4.43. The molecule has 1 heterocycles. The number of hydrogen-bond donors (Lipinski definition) is 1. The van der Waals surface area contributed by atoms with Crippen molar-refractivity contribution in [1.29, 1.82) is 0 Å². The fraction of sp³-hybridized carbons (Fsp3) is 0.125. The molecule has 0 unspecified atom stereocenters. The van der Waals surface area contributed by atoms with E-state index in [4.69, 9.17) is 4.42 Å². The molecule has 0 atom stereocenters. The molecule has 18 heavy (non-hydrogen) atoms. The van der Waals surface area contributed by atoms with E-state index < -0.39 is 0 Å². The van der Waals surface area contributed by atoms with E-state index in [1.54, 1.807) is 0 Å². The molecule has 3 rings (SSSR count). The molecule has 2 heteroatoms. The molecule has 0 amide bonds. The van der Waals surface area contributed by atoms with Crippen LogP contribution in [0.2, 0.25) is 0 Å². The number of aryl methyl sites for hydroxylation is 1. The van der Waals surface area contributed by atoms with Gasteiger partial charge in [0, 0.05) is 23.7 Å². The van der Waals surface area contributed by atoms with Gasteiger partial charge in [0.25, 0.3) is 0 Å². The van der Waals surface area contributed by atoms with Gasteiger partial charge in [-0.15, -0.1) is 0 Å². The quantitative estimate of drug-likeness (QED) is 0.712. The largest absolute Gasteiger partial charge is 0.456 e. The van der Waals surface area contributed by atoms with Gasteiger partial charge < -0.3 is 9.73 Å². The summed E-state index contributed by atoms with van der Waals surface area (Å²) in [6.07, 6.45) is 0. The molecule has 2 aromatic carbocycles. The van der Waals surface area contributed by atoms with Crippen molar-refractivity contribution >= 4 is 16.7 Å². The fourth-order valence-electron chi connectivity index (χ4n) is 2.18. The van der Waals surface area contributed by atoms with E-state index in [2.05, 4.69) is 48.6 Å². The summed E-state index contributed by atoms with van der Waals surface area (Å²) < 4.78 is 5.96. The van der Waals surface area contributed by atoms with Crippen LogP contribution in [-0.2, 0) is 0 Å². The minimum Gasteiger partial charge on any atom is -0.456 e. The minimum absolute atomic E-state index is 0.913. The lowest BCUT2D eigenvalue weighted by Crippen LogP contribution is -1.86. The van der Waals surface area contributed by atoms with Gasteiger partial charge in [-0.2, -0.15) is 0 Å². The molecule has 3 aromatic rings. The summed E-state index contributed by atoms with van der Waals surface area (Å²) in [4.78, 5) is 0. The van der Waals surface area contributed by atoms with Crippen LogP contribution in [-0.4, -0.2) is 7.05 Å². The van der Waals surface area contributed by atoms with Crippen molar-refractivity contribution in [1.82, 2.24) is 0 Å². The lowest BCUT2D eigenvalue weighted by atomic mass is 10.1. The first-order valence-electron chi connectivity index (χ1n) is 6.05. The van der Waals surface area contributed by atoms with Gasteiger partial charge in [-0.25, -0.2) is 0 Å². The van der Waals surface area contributed by atoms with Crippen molar-refractivity contribution in [3.63, 3.8) is 0 Å². The zero-order chi connectivity index (χ0) is 12.5. The smallest absolute Gasteiger partial charge is 0.137 e. The number of benzene rings is 2. The summed E-state index contributed by atoms with van der Waals surface area (Å²) in [5.41, 5.74) is 4.33. The summed E-state index contributed by atoms with van der Waals surface area (Å²) in [6, 6.07) is 16.5. The van der Waals surface area contributed by atoms with Crippen LogP contribution in [0.5, 0.6) is 0 Å². The molecule has 0 aliphatic rings. The third-order valence-corrected chi connectivity index (χ3v) is 3.18. The molecule has 1 aromatic heterocycles. The second kappa shape index (κ2) is 4.22. The Morgan fingerprint density at radius 3 is 2.61 bits per heavy atom. The van der Waals surface area contributed by atoms with Crippen LogP contribution >= 0.6 is 0 Å². The highest BCUT2D eigenvalue weighted by Crippen LogP contribution is 2.30. The van der Waals surface area contributed by atoms with Crippen LogP contribution in [0.4, 0.5) is 5.69 Å². The van der Waals surface area contributed by atoms with Crippen LogP contribution in [0, 0.1) is 6.92 Å². The topological polar surface area (TPSA) is 25.2 Å². The maximum Gasteiger partial charge on any atom is 0.137 e. The predicted octanol–water partition coefficient (Wildman–Crippen LogP) is 4.45. The summed E-state index contributed by atoms with van der Waals surface area (Å²) in [7, 11) is 1.92. The zero-order valence-corrected chi connectivity index (χ0v) is 10.5. The van der Waals surface area contributed by atoms with Gasteiger partial charge in [-0.05, 0) is 30.7 Å². The Hall–Kier alpha value is -2.22. The average molecular weight is 237 g/mol. The predicted molar refractivity (Wildman–Crippen MR) is 75.9 cm³/mol. The van der Waals surface area contributed by atoms with Gasteiger partial charge in [0.2, 0.25) is 0 Å². The summed E-state index contributed by atoms with van der Waals surface area (Å²) in [5, 5.41) is 4.29. The van der Waals surface area contributed by atoms with Gasteiger partial charge in [-0.1, -0.05) is 30.3 Å². The van der Waals surface area contributed by atoms with Crippen molar-refractivity contribution in [2.45, 2.75) is 6.92 Å². The Morgan fingerprint density at radius 1 is 1.00 bits per heavy atom. The average Bonchev–Trinajstić information content (AvgIpc) is 2.84. The molecule has 90 valence electrons. The molecular formula is C16H15NO. The number of hydrogen-bond acceptors (Lipinski definition) is 2. The summed E-state index contributed by atoms with van der Waals surface area (Å²) in [6.45, 7) is 2.07. The molecule has 0 bridgehead atoms. The van der Waals surface area contributed by atoms with E-state index in [-0.39, 0.29) is 0 Å². The third-order valence-electron chi connectivity index (χ3n) is 3.18. The van der Waals surface area contributed by atoms with E-state index in [9.17, 15) is 0 Å². The van der Waals surface area contributed by atoms with Crippen LogP contribution in [0.15, 0.2) is 52.9 Å². The van der Waals surface area contributed by atoms with E-state index in [1.165, 1.54) is 5.56 Å². The van der Waals surface area contributed by atoms with E-state index >= 15 is 0 Å². The van der Waals surface area contributed by atoms with Crippen molar-refractivity contribution in [2.24, 2.45) is 0 Å². The molecule has 0 aliphatic carbocycles. The first kappa shape index (κ1) is 10.9. The van der Waals surface area contributed by atoms with Crippen LogP contribution < -0.4 is 5.32 Å². The van der Waals surface area contributed by atoms with Crippen molar-refractivity contribution in [2.75, 3.05) is 12.4 Å². The van der Waals surface area contributed by atoms with Crippen LogP contribution in [0.1, 0.15) is 5.56 Å². The molecule has 0 saturated carbocycles. The molecule has 1 N–H and O–H groups in total. The van der Waals surface area contributed by atoms with E-state index in [0.717, 1.165) is 28.0 Å². The number of furan rings is 1. The highest BCUT2D eigenvalue weighted by atomic mass is 16.3. The van der Waals surface area contributed by atoms with Crippen molar-refractivity contribution < 1.29 is 4.42 Å². The molecule has 0 saturated heterocycles. The third kappa shape index (κ3) is 1.76. The van der Waals surface area contributed by atoms with Gasteiger partial charge in [0.05, 0.1) is 0 Å². The van der Waals surface area contributed by atoms with Gasteiger partial charge in [0.15, 0.2) is 0 Å². The monoisotopic (exact) mass is 237 g/mol. The highest BCUT2D eigenvalue weighted by Gasteiger charge is 2.07. The molecule has 0 radical (unpaired) electrons. The standard InChI is InChI=1S/C16H15NO/c1-11-5-3-7-13-10-15(18-16(11)13)12-6-4-8-14(9-12)17-2/h3-10,17H,1-2H3. The molecule has 0 fully saturated rings. The van der Waals surface area contributed by atoms with E-state index in [0.29, 0.717) is 0 Å². The number of anilines is 1. The Balaban J connectivity index is 2.16. The maximum atomic E-state index is 5.96. The maximum absolute atomic E-state index is 5.96. The Kier molecular flexibility index (Phi) is 2.56. The Morgan fingerprint density at radius 2 is 1.83 bits per heavy atom. The van der Waals surface area contributed by atoms with Crippen LogP contribution in [0.25, 0.3) is 22.3 Å². The zero-order valence-electron chi connectivity index (χ0n) is 10.5. The Bertz CT molecular complexity index is 697. The van der Waals surface area contributed by atoms with Gasteiger partial charge in [0.1, 0.15) is 11.3 Å². The second-order valence-corrected chi connectivity index (χ2v) is 4.43.